The van der Waals surface area contributed by atoms with Crippen LogP contribution in [-0.4, -0.2) is 73.5 Å². The van der Waals surface area contributed by atoms with Crippen LogP contribution in [0.3, 0.4) is 0 Å². The van der Waals surface area contributed by atoms with Gasteiger partial charge in [0.05, 0.1) is 18.8 Å². The van der Waals surface area contributed by atoms with E-state index < -0.39 is 0 Å². The second-order valence-corrected chi connectivity index (χ2v) is 7.95. The molecule has 3 rings (SSSR count). The predicted octanol–water partition coefficient (Wildman–Crippen LogP) is 2.91. The Balaban J connectivity index is 1.36. The zero-order chi connectivity index (χ0) is 16.1. The summed E-state index contributed by atoms with van der Waals surface area (Å²) in [6.45, 7) is 11.4. The van der Waals surface area contributed by atoms with Crippen molar-refractivity contribution < 1.29 is 9.47 Å². The minimum absolute atomic E-state index is 0.370. The molecule has 0 bridgehead atoms. The minimum atomic E-state index is 0.370. The first kappa shape index (κ1) is 17.7. The van der Waals surface area contributed by atoms with E-state index in [9.17, 15) is 0 Å². The molecule has 3 aliphatic heterocycles. The number of piperidine rings is 2. The quantitative estimate of drug-likeness (QED) is 0.750. The number of likely N-dealkylation sites (tertiary alicyclic amines) is 2. The average Bonchev–Trinajstić information content (AvgIpc) is 3.08. The largest absolute Gasteiger partial charge is 0.376 e. The zero-order valence-electron chi connectivity index (χ0n) is 15.2. The van der Waals surface area contributed by atoms with E-state index in [0.29, 0.717) is 18.2 Å². The van der Waals surface area contributed by atoms with Gasteiger partial charge in [-0.15, -0.1) is 0 Å². The van der Waals surface area contributed by atoms with E-state index in [1.165, 1.54) is 71.1 Å². The Morgan fingerprint density at radius 2 is 1.83 bits per heavy atom. The van der Waals surface area contributed by atoms with E-state index in [1.807, 2.05) is 0 Å². The SMILES string of the molecule is CC(C)N1CCCC[C@@H]1CN1CCC(OC[C@@H]2CCCO2)CC1. The van der Waals surface area contributed by atoms with Gasteiger partial charge in [-0.3, -0.25) is 4.90 Å². The number of rotatable bonds is 6. The fourth-order valence-electron chi connectivity index (χ4n) is 4.47. The fourth-order valence-corrected chi connectivity index (χ4v) is 4.47. The molecule has 4 nitrogen and oxygen atoms in total. The third-order valence-electron chi connectivity index (χ3n) is 5.88. The molecule has 23 heavy (non-hydrogen) atoms. The first-order valence-electron chi connectivity index (χ1n) is 9.93. The van der Waals surface area contributed by atoms with Crippen LogP contribution in [0.15, 0.2) is 0 Å². The van der Waals surface area contributed by atoms with Gasteiger partial charge >= 0.3 is 0 Å². The van der Waals surface area contributed by atoms with Crippen LogP contribution in [0.1, 0.15) is 58.8 Å². The van der Waals surface area contributed by atoms with E-state index in [4.69, 9.17) is 9.47 Å². The van der Waals surface area contributed by atoms with Crippen LogP contribution in [0.5, 0.6) is 0 Å². The number of ether oxygens (including phenoxy) is 2. The highest BCUT2D eigenvalue weighted by Gasteiger charge is 2.28. The molecule has 4 heteroatoms. The lowest BCUT2D eigenvalue weighted by atomic mass is 9.98. The van der Waals surface area contributed by atoms with Crippen molar-refractivity contribution in [1.82, 2.24) is 9.80 Å². The summed E-state index contributed by atoms with van der Waals surface area (Å²) >= 11 is 0. The van der Waals surface area contributed by atoms with Gasteiger partial charge in [0, 0.05) is 38.3 Å². The van der Waals surface area contributed by atoms with Crippen molar-refractivity contribution in [2.75, 3.05) is 39.4 Å². The van der Waals surface area contributed by atoms with Crippen LogP contribution in [0, 0.1) is 0 Å². The second kappa shape index (κ2) is 8.80. The first-order chi connectivity index (χ1) is 11.2. The maximum Gasteiger partial charge on any atom is 0.0809 e. The molecule has 0 spiro atoms. The molecule has 0 aromatic heterocycles. The molecule has 0 amide bonds. The maximum absolute atomic E-state index is 6.10. The number of hydrogen-bond donors (Lipinski definition) is 0. The molecule has 0 radical (unpaired) electrons. The van der Waals surface area contributed by atoms with Crippen molar-refractivity contribution >= 4 is 0 Å². The van der Waals surface area contributed by atoms with E-state index >= 15 is 0 Å². The van der Waals surface area contributed by atoms with Crippen molar-refractivity contribution in [2.45, 2.75) is 83.1 Å². The predicted molar refractivity (Wildman–Crippen MR) is 93.9 cm³/mol. The van der Waals surface area contributed by atoms with Crippen molar-refractivity contribution in [1.29, 1.82) is 0 Å². The Bertz CT molecular complexity index is 336. The van der Waals surface area contributed by atoms with Crippen LogP contribution in [0.4, 0.5) is 0 Å². The summed E-state index contributed by atoms with van der Waals surface area (Å²) in [7, 11) is 0. The van der Waals surface area contributed by atoms with E-state index in [2.05, 4.69) is 23.6 Å². The second-order valence-electron chi connectivity index (χ2n) is 7.95. The third-order valence-corrected chi connectivity index (χ3v) is 5.88. The molecule has 3 saturated heterocycles. The average molecular weight is 325 g/mol. The van der Waals surface area contributed by atoms with Gasteiger partial charge in [-0.05, 0) is 58.9 Å². The van der Waals surface area contributed by atoms with Crippen molar-refractivity contribution in [3.63, 3.8) is 0 Å². The standard InChI is InChI=1S/C19H36N2O2/c1-16(2)21-10-4-3-6-17(21)14-20-11-8-18(9-12-20)23-15-19-7-5-13-22-19/h16-19H,3-15H2,1-2H3/t17-,19+/m1/s1. The van der Waals surface area contributed by atoms with Gasteiger partial charge in [-0.1, -0.05) is 6.42 Å². The van der Waals surface area contributed by atoms with Gasteiger partial charge in [-0.2, -0.15) is 0 Å². The molecular weight excluding hydrogens is 288 g/mol. The topological polar surface area (TPSA) is 24.9 Å². The van der Waals surface area contributed by atoms with Crippen LogP contribution in [0.2, 0.25) is 0 Å². The fraction of sp³-hybridized carbons (Fsp3) is 1.00. The van der Waals surface area contributed by atoms with E-state index in [-0.39, 0.29) is 0 Å². The molecule has 3 fully saturated rings. The van der Waals surface area contributed by atoms with Crippen LogP contribution in [-0.2, 0) is 9.47 Å². The molecule has 0 unspecified atom stereocenters. The molecular formula is C19H36N2O2. The Kier molecular flexibility index (Phi) is 6.75. The molecule has 0 aliphatic carbocycles. The summed E-state index contributed by atoms with van der Waals surface area (Å²) in [5.41, 5.74) is 0. The minimum Gasteiger partial charge on any atom is -0.376 e. The Labute approximate surface area is 142 Å². The van der Waals surface area contributed by atoms with Gasteiger partial charge in [0.25, 0.3) is 0 Å². The monoisotopic (exact) mass is 324 g/mol. The summed E-state index contributed by atoms with van der Waals surface area (Å²) < 4.78 is 11.8. The third kappa shape index (κ3) is 5.15. The number of hydrogen-bond acceptors (Lipinski definition) is 4. The normalized spacial score (nSPS) is 32.0. The molecule has 0 saturated carbocycles. The summed E-state index contributed by atoms with van der Waals surface area (Å²) in [6, 6.07) is 1.46. The summed E-state index contributed by atoms with van der Waals surface area (Å²) in [5.74, 6) is 0. The maximum atomic E-state index is 6.10. The van der Waals surface area contributed by atoms with Crippen LogP contribution < -0.4 is 0 Å². The highest BCUT2D eigenvalue weighted by atomic mass is 16.5. The number of nitrogens with zero attached hydrogens (tertiary/aromatic N) is 2. The lowest BCUT2D eigenvalue weighted by Crippen LogP contribution is -2.51. The Morgan fingerprint density at radius 1 is 1.00 bits per heavy atom. The zero-order valence-corrected chi connectivity index (χ0v) is 15.2. The Morgan fingerprint density at radius 3 is 2.52 bits per heavy atom. The molecule has 134 valence electrons. The lowest BCUT2D eigenvalue weighted by molar-refractivity contribution is -0.0452. The molecule has 2 atom stereocenters. The smallest absolute Gasteiger partial charge is 0.0809 e. The van der Waals surface area contributed by atoms with Gasteiger partial charge in [0.15, 0.2) is 0 Å². The van der Waals surface area contributed by atoms with Crippen LogP contribution >= 0.6 is 0 Å². The van der Waals surface area contributed by atoms with Gasteiger partial charge in [-0.25, -0.2) is 0 Å². The molecule has 0 aromatic carbocycles. The molecule has 0 N–H and O–H groups in total. The first-order valence-corrected chi connectivity index (χ1v) is 9.93. The van der Waals surface area contributed by atoms with Crippen molar-refractivity contribution in [3.05, 3.63) is 0 Å². The van der Waals surface area contributed by atoms with E-state index in [0.717, 1.165) is 19.3 Å². The molecule has 3 aliphatic rings. The van der Waals surface area contributed by atoms with Gasteiger partial charge in [0.2, 0.25) is 0 Å². The van der Waals surface area contributed by atoms with E-state index in [1.54, 1.807) is 0 Å². The summed E-state index contributed by atoms with van der Waals surface area (Å²) in [4.78, 5) is 5.40. The van der Waals surface area contributed by atoms with Gasteiger partial charge in [0.1, 0.15) is 0 Å². The van der Waals surface area contributed by atoms with Crippen LogP contribution in [0.25, 0.3) is 0 Å². The highest BCUT2D eigenvalue weighted by molar-refractivity contribution is 4.84. The molecule has 0 aromatic rings. The molecule has 3 heterocycles. The van der Waals surface area contributed by atoms with Gasteiger partial charge < -0.3 is 14.4 Å². The lowest BCUT2D eigenvalue weighted by Gasteiger charge is -2.42. The van der Waals surface area contributed by atoms with Crippen molar-refractivity contribution in [2.24, 2.45) is 0 Å². The summed E-state index contributed by atoms with van der Waals surface area (Å²) in [6.07, 6.45) is 9.79. The summed E-state index contributed by atoms with van der Waals surface area (Å²) in [5, 5.41) is 0. The highest BCUT2D eigenvalue weighted by Crippen LogP contribution is 2.23. The van der Waals surface area contributed by atoms with Crippen molar-refractivity contribution in [3.8, 4) is 0 Å². The Hall–Kier alpha value is -0.160.